The zero-order valence-electron chi connectivity index (χ0n) is 28.7. The zero-order valence-corrected chi connectivity index (χ0v) is 28.7. The highest BCUT2D eigenvalue weighted by molar-refractivity contribution is 6.00. The van der Waals surface area contributed by atoms with E-state index in [1.165, 1.54) is 12.7 Å². The number of benzene rings is 2. The van der Waals surface area contributed by atoms with E-state index in [9.17, 15) is 14.4 Å². The molecule has 4 heterocycles. The number of nitrogens with zero attached hydrogens (tertiary/aromatic N) is 2. The summed E-state index contributed by atoms with van der Waals surface area (Å²) in [6.07, 6.45) is 5.37. The minimum Gasteiger partial charge on any atom is -0.496 e. The SMILES string of the molecule is CCN(c1cc(-c2ccc3c(c2)N(C(C)=O)CC32CCOCC2)cc(C(=O)NCC2=C(OC)C=C(C)NC2=C=O)c1C)C1CCOCC1. The maximum atomic E-state index is 14.1. The normalized spacial score (nSPS) is 19.0. The van der Waals surface area contributed by atoms with Gasteiger partial charge in [-0.1, -0.05) is 12.1 Å². The second-order valence-corrected chi connectivity index (χ2v) is 13.2. The molecule has 0 saturated carbocycles. The summed E-state index contributed by atoms with van der Waals surface area (Å²) >= 11 is 0. The van der Waals surface area contributed by atoms with Gasteiger partial charge in [0.25, 0.3) is 5.91 Å². The number of methoxy groups -OCH3 is 1. The number of nitrogens with one attached hydrogen (secondary N) is 2. The van der Waals surface area contributed by atoms with E-state index in [4.69, 9.17) is 14.2 Å². The number of fused-ring (bicyclic) bond motifs is 2. The van der Waals surface area contributed by atoms with Crippen LogP contribution in [0.5, 0.6) is 0 Å². The molecule has 10 nitrogen and oxygen atoms in total. The molecule has 0 aromatic heterocycles. The highest BCUT2D eigenvalue weighted by atomic mass is 16.5. The first-order valence-corrected chi connectivity index (χ1v) is 17.0. The average Bonchev–Trinajstić information content (AvgIpc) is 3.41. The number of rotatable bonds is 8. The number of dihydropyridines is 1. The Kier molecular flexibility index (Phi) is 9.78. The minimum atomic E-state index is -0.259. The number of ether oxygens (including phenoxy) is 3. The number of amides is 2. The molecule has 10 heteroatoms. The van der Waals surface area contributed by atoms with Crippen molar-refractivity contribution in [3.05, 3.63) is 75.8 Å². The molecule has 0 atom stereocenters. The van der Waals surface area contributed by atoms with Crippen molar-refractivity contribution in [2.45, 2.75) is 64.8 Å². The van der Waals surface area contributed by atoms with Gasteiger partial charge in [0.2, 0.25) is 5.91 Å². The average molecular weight is 655 g/mol. The first kappa shape index (κ1) is 33.5. The first-order chi connectivity index (χ1) is 23.2. The molecule has 254 valence electrons. The molecule has 0 unspecified atom stereocenters. The molecule has 2 amide bonds. The van der Waals surface area contributed by atoms with Crippen LogP contribution in [0.15, 0.2) is 59.1 Å². The Hall–Kier alpha value is -4.37. The van der Waals surface area contributed by atoms with Crippen LogP contribution in [0.25, 0.3) is 11.1 Å². The third-order valence-electron chi connectivity index (χ3n) is 10.4. The van der Waals surface area contributed by atoms with E-state index in [0.29, 0.717) is 49.9 Å². The number of anilines is 2. The highest BCUT2D eigenvalue weighted by Gasteiger charge is 2.45. The lowest BCUT2D eigenvalue weighted by molar-refractivity contribution is -0.116. The van der Waals surface area contributed by atoms with Gasteiger partial charge >= 0.3 is 0 Å². The van der Waals surface area contributed by atoms with Crippen molar-refractivity contribution in [2.75, 3.05) is 63.0 Å². The van der Waals surface area contributed by atoms with Crippen LogP contribution in [0, 0.1) is 6.92 Å². The van der Waals surface area contributed by atoms with Gasteiger partial charge in [0.1, 0.15) is 11.5 Å². The number of carbonyl (C=O) groups excluding carboxylic acids is 3. The molecule has 2 fully saturated rings. The Morgan fingerprint density at radius 1 is 1.08 bits per heavy atom. The summed E-state index contributed by atoms with van der Waals surface area (Å²) in [4.78, 5) is 43.1. The highest BCUT2D eigenvalue weighted by Crippen LogP contribution is 2.48. The molecule has 2 N–H and O–H groups in total. The summed E-state index contributed by atoms with van der Waals surface area (Å²) in [6.45, 7) is 11.9. The van der Waals surface area contributed by atoms with Gasteiger partial charge in [-0.05, 0) is 93.0 Å². The molecule has 4 aliphatic rings. The van der Waals surface area contributed by atoms with E-state index < -0.39 is 0 Å². The second-order valence-electron chi connectivity index (χ2n) is 13.2. The standard InChI is InChI=1S/C38H46N4O6/c1-6-41(29-9-13-47-14-10-29)34-20-28(27-7-8-32-35(19-27)42(26(4)44)23-38(32)11-15-48-16-12-38)18-30(25(34)3)37(45)39-21-31-33(22-43)40-24(2)17-36(31)46-5/h7-8,17-20,29,40H,6,9-16,21,23H2,1-5H3,(H,39,45). The van der Waals surface area contributed by atoms with Crippen LogP contribution in [0.4, 0.5) is 11.4 Å². The molecule has 6 rings (SSSR count). The Labute approximate surface area is 282 Å². The molecule has 2 aromatic carbocycles. The summed E-state index contributed by atoms with van der Waals surface area (Å²) in [6, 6.07) is 10.8. The fraction of sp³-hybridized carbons (Fsp3) is 0.474. The molecule has 2 aromatic rings. The summed E-state index contributed by atoms with van der Waals surface area (Å²) in [5.74, 6) is 2.22. The lowest BCUT2D eigenvalue weighted by Crippen LogP contribution is -2.40. The predicted octanol–water partition coefficient (Wildman–Crippen LogP) is 4.93. The number of allylic oxidation sites excluding steroid dienone is 2. The van der Waals surface area contributed by atoms with Gasteiger partial charge in [-0.25, -0.2) is 4.79 Å². The maximum absolute atomic E-state index is 14.1. The van der Waals surface area contributed by atoms with Crippen molar-refractivity contribution in [1.82, 2.24) is 10.6 Å². The summed E-state index contributed by atoms with van der Waals surface area (Å²) in [5.41, 5.74) is 7.81. The van der Waals surface area contributed by atoms with Crippen molar-refractivity contribution in [1.29, 1.82) is 0 Å². The summed E-state index contributed by atoms with van der Waals surface area (Å²) < 4.78 is 16.9. The maximum Gasteiger partial charge on any atom is 0.251 e. The summed E-state index contributed by atoms with van der Waals surface area (Å²) in [7, 11) is 1.54. The van der Waals surface area contributed by atoms with Crippen molar-refractivity contribution in [2.24, 2.45) is 0 Å². The Morgan fingerprint density at radius 2 is 1.81 bits per heavy atom. The first-order valence-electron chi connectivity index (χ1n) is 17.0. The van der Waals surface area contributed by atoms with Crippen LogP contribution in [-0.4, -0.2) is 77.0 Å². The largest absolute Gasteiger partial charge is 0.496 e. The molecule has 4 aliphatic heterocycles. The van der Waals surface area contributed by atoms with E-state index in [2.05, 4.69) is 46.7 Å². The Bertz CT molecular complexity index is 1710. The second kappa shape index (κ2) is 14.0. The monoisotopic (exact) mass is 654 g/mol. The smallest absolute Gasteiger partial charge is 0.251 e. The minimum absolute atomic E-state index is 0.0221. The topological polar surface area (TPSA) is 109 Å². The van der Waals surface area contributed by atoms with Gasteiger partial charge in [-0.3, -0.25) is 9.59 Å². The van der Waals surface area contributed by atoms with Crippen LogP contribution in [0.1, 0.15) is 67.9 Å². The van der Waals surface area contributed by atoms with Crippen molar-refractivity contribution < 1.29 is 28.6 Å². The molecule has 0 bridgehead atoms. The molecular formula is C38H46N4O6. The molecule has 2 saturated heterocycles. The molecule has 48 heavy (non-hydrogen) atoms. The number of carbonyl (C=O) groups is 2. The summed E-state index contributed by atoms with van der Waals surface area (Å²) in [5, 5.41) is 6.07. The van der Waals surface area contributed by atoms with Crippen molar-refractivity contribution >= 4 is 29.1 Å². The fourth-order valence-corrected chi connectivity index (χ4v) is 7.77. The molecule has 1 spiro atoms. The van der Waals surface area contributed by atoms with Crippen LogP contribution in [0.3, 0.4) is 0 Å². The van der Waals surface area contributed by atoms with Gasteiger partial charge in [0, 0.05) is 92.7 Å². The molecular weight excluding hydrogens is 608 g/mol. The third kappa shape index (κ3) is 6.28. The van der Waals surface area contributed by atoms with Gasteiger partial charge in [-0.15, -0.1) is 0 Å². The molecule has 0 radical (unpaired) electrons. The van der Waals surface area contributed by atoms with E-state index in [-0.39, 0.29) is 35.5 Å². The van der Waals surface area contributed by atoms with Crippen LogP contribution in [0.2, 0.25) is 0 Å². The zero-order chi connectivity index (χ0) is 34.0. The quantitative estimate of drug-likeness (QED) is 0.386. The van der Waals surface area contributed by atoms with Gasteiger partial charge in [-0.2, -0.15) is 0 Å². The lowest BCUT2D eigenvalue weighted by atomic mass is 9.75. The Morgan fingerprint density at radius 3 is 2.48 bits per heavy atom. The van der Waals surface area contributed by atoms with E-state index >= 15 is 0 Å². The molecule has 0 aliphatic carbocycles. The number of hydrogen-bond acceptors (Lipinski definition) is 8. The Balaban J connectivity index is 1.42. The van der Waals surface area contributed by atoms with Crippen LogP contribution < -0.4 is 20.4 Å². The van der Waals surface area contributed by atoms with Gasteiger partial charge < -0.3 is 34.6 Å². The van der Waals surface area contributed by atoms with Crippen LogP contribution in [-0.2, 0) is 29.2 Å². The van der Waals surface area contributed by atoms with Crippen molar-refractivity contribution in [3.8, 4) is 11.1 Å². The number of hydrogen-bond donors (Lipinski definition) is 2. The predicted molar refractivity (Wildman–Crippen MR) is 186 cm³/mol. The van der Waals surface area contributed by atoms with E-state index in [1.807, 2.05) is 30.8 Å². The fourth-order valence-electron chi connectivity index (χ4n) is 7.77. The van der Waals surface area contributed by atoms with Crippen molar-refractivity contribution in [3.63, 3.8) is 0 Å². The van der Waals surface area contributed by atoms with E-state index in [1.54, 1.807) is 13.0 Å². The van der Waals surface area contributed by atoms with Crippen LogP contribution >= 0.6 is 0 Å². The van der Waals surface area contributed by atoms with Gasteiger partial charge in [0.15, 0.2) is 5.94 Å². The lowest BCUT2D eigenvalue weighted by Gasteiger charge is -2.37. The van der Waals surface area contributed by atoms with Gasteiger partial charge in [0.05, 0.1) is 7.11 Å². The van der Waals surface area contributed by atoms with E-state index in [0.717, 1.165) is 66.0 Å². The third-order valence-corrected chi connectivity index (χ3v) is 10.4.